The summed E-state index contributed by atoms with van der Waals surface area (Å²) < 4.78 is 15.7. The zero-order chi connectivity index (χ0) is 14.4. The van der Waals surface area contributed by atoms with E-state index < -0.39 is 6.10 Å². The van der Waals surface area contributed by atoms with Gasteiger partial charge in [0.25, 0.3) is 0 Å². The van der Waals surface area contributed by atoms with Gasteiger partial charge in [-0.1, -0.05) is 24.6 Å². The summed E-state index contributed by atoms with van der Waals surface area (Å²) in [5.41, 5.74) is 0.597. The van der Waals surface area contributed by atoms with Crippen molar-refractivity contribution in [1.82, 2.24) is 0 Å². The molecular formula is C14H19ClO4. The molecule has 0 amide bonds. The molecule has 0 fully saturated rings. The molecule has 5 heteroatoms. The number of hydrogen-bond acceptors (Lipinski definition) is 4. The van der Waals surface area contributed by atoms with Crippen LogP contribution in [0.2, 0.25) is 5.02 Å². The lowest BCUT2D eigenvalue weighted by Gasteiger charge is -2.18. The van der Waals surface area contributed by atoms with Crippen LogP contribution in [0.5, 0.6) is 11.5 Å². The van der Waals surface area contributed by atoms with E-state index in [2.05, 4.69) is 0 Å². The minimum absolute atomic E-state index is 0.000815. The Kier molecular flexibility index (Phi) is 6.12. The van der Waals surface area contributed by atoms with Gasteiger partial charge < -0.3 is 14.2 Å². The van der Waals surface area contributed by atoms with Gasteiger partial charge in [-0.3, -0.25) is 4.79 Å². The molecule has 0 N–H and O–H groups in total. The first-order valence-corrected chi connectivity index (χ1v) is 6.44. The highest BCUT2D eigenvalue weighted by Crippen LogP contribution is 2.40. The Labute approximate surface area is 118 Å². The van der Waals surface area contributed by atoms with Gasteiger partial charge in [-0.2, -0.15) is 0 Å². The van der Waals surface area contributed by atoms with Crippen LogP contribution in [-0.4, -0.2) is 27.1 Å². The van der Waals surface area contributed by atoms with Crippen LogP contribution < -0.4 is 9.47 Å². The van der Waals surface area contributed by atoms with Crippen LogP contribution in [0.1, 0.15) is 31.4 Å². The highest BCUT2D eigenvalue weighted by atomic mass is 35.5. The Morgan fingerprint density at radius 2 is 1.95 bits per heavy atom. The fourth-order valence-electron chi connectivity index (χ4n) is 1.92. The van der Waals surface area contributed by atoms with Crippen LogP contribution in [0.3, 0.4) is 0 Å². The summed E-state index contributed by atoms with van der Waals surface area (Å²) in [6.45, 7) is 1.95. The van der Waals surface area contributed by atoms with E-state index in [1.165, 1.54) is 21.3 Å². The van der Waals surface area contributed by atoms with E-state index in [1.54, 1.807) is 12.1 Å². The van der Waals surface area contributed by atoms with Crippen molar-refractivity contribution in [2.45, 2.75) is 25.9 Å². The van der Waals surface area contributed by atoms with Crippen LogP contribution in [0.25, 0.3) is 0 Å². The quantitative estimate of drug-likeness (QED) is 0.770. The molecule has 0 aliphatic carbocycles. The number of Topliss-reactive ketones (excluding diaryl/α,β-unsaturated/α-hetero) is 1. The molecule has 1 unspecified atom stereocenters. The highest BCUT2D eigenvalue weighted by molar-refractivity contribution is 6.33. The average Bonchev–Trinajstić information content (AvgIpc) is 2.41. The Morgan fingerprint density at radius 3 is 2.42 bits per heavy atom. The molecule has 19 heavy (non-hydrogen) atoms. The second-order valence-electron chi connectivity index (χ2n) is 4.04. The topological polar surface area (TPSA) is 44.8 Å². The van der Waals surface area contributed by atoms with Crippen LogP contribution in [-0.2, 0) is 9.53 Å². The molecule has 0 aromatic heterocycles. The average molecular weight is 287 g/mol. The van der Waals surface area contributed by atoms with E-state index in [0.717, 1.165) is 6.42 Å². The summed E-state index contributed by atoms with van der Waals surface area (Å²) in [5.74, 6) is 0.932. The van der Waals surface area contributed by atoms with Gasteiger partial charge in [-0.05, 0) is 12.5 Å². The van der Waals surface area contributed by atoms with Crippen LogP contribution in [0.15, 0.2) is 12.1 Å². The lowest BCUT2D eigenvalue weighted by molar-refractivity contribution is -0.129. The van der Waals surface area contributed by atoms with E-state index in [1.807, 2.05) is 6.92 Å². The Morgan fingerprint density at radius 1 is 1.26 bits per heavy atom. The normalized spacial score (nSPS) is 12.1. The molecule has 0 saturated heterocycles. The molecule has 0 heterocycles. The van der Waals surface area contributed by atoms with E-state index >= 15 is 0 Å². The van der Waals surface area contributed by atoms with Gasteiger partial charge in [0.15, 0.2) is 17.3 Å². The molecule has 0 spiro atoms. The third kappa shape index (κ3) is 3.39. The zero-order valence-electron chi connectivity index (χ0n) is 11.7. The first-order chi connectivity index (χ1) is 9.10. The number of ketones is 1. The van der Waals surface area contributed by atoms with Crippen molar-refractivity contribution in [3.05, 3.63) is 22.7 Å². The molecule has 0 radical (unpaired) electrons. The largest absolute Gasteiger partial charge is 0.493 e. The number of carbonyl (C=O) groups excluding carboxylic acids is 1. The molecule has 4 nitrogen and oxygen atoms in total. The van der Waals surface area contributed by atoms with Crippen molar-refractivity contribution in [2.75, 3.05) is 21.3 Å². The molecule has 0 aliphatic heterocycles. The Bertz CT molecular complexity index is 445. The van der Waals surface area contributed by atoms with Crippen LogP contribution >= 0.6 is 11.6 Å². The van der Waals surface area contributed by atoms with E-state index in [0.29, 0.717) is 28.5 Å². The van der Waals surface area contributed by atoms with Gasteiger partial charge in [-0.15, -0.1) is 0 Å². The van der Waals surface area contributed by atoms with Gasteiger partial charge in [-0.25, -0.2) is 0 Å². The number of rotatable bonds is 7. The number of carbonyl (C=O) groups is 1. The van der Waals surface area contributed by atoms with Gasteiger partial charge >= 0.3 is 0 Å². The summed E-state index contributed by atoms with van der Waals surface area (Å²) in [4.78, 5) is 12.0. The first kappa shape index (κ1) is 15.8. The number of halogens is 1. The predicted molar refractivity (Wildman–Crippen MR) is 74.2 cm³/mol. The fraction of sp³-hybridized carbons (Fsp3) is 0.500. The third-order valence-electron chi connectivity index (χ3n) is 2.82. The molecule has 0 bridgehead atoms. The second kappa shape index (κ2) is 7.36. The Hall–Kier alpha value is -1.26. The van der Waals surface area contributed by atoms with E-state index in [4.69, 9.17) is 25.8 Å². The molecule has 1 aromatic rings. The van der Waals surface area contributed by atoms with Gasteiger partial charge in [0, 0.05) is 19.1 Å². The predicted octanol–water partition coefficient (Wildman–Crippen LogP) is 3.41. The minimum atomic E-state index is -0.674. The number of methoxy groups -OCH3 is 3. The molecule has 1 aromatic carbocycles. The first-order valence-electron chi connectivity index (χ1n) is 6.06. The van der Waals surface area contributed by atoms with Gasteiger partial charge in [0.1, 0.15) is 6.10 Å². The fourth-order valence-corrected chi connectivity index (χ4v) is 2.25. The zero-order valence-corrected chi connectivity index (χ0v) is 12.4. The molecule has 0 saturated carbocycles. The number of benzene rings is 1. The van der Waals surface area contributed by atoms with E-state index in [9.17, 15) is 4.79 Å². The minimum Gasteiger partial charge on any atom is -0.493 e. The standard InChI is InChI=1S/C14H19ClO4/c1-5-6-10(16)13(18-3)9-7-8-11(17-2)14(19-4)12(9)15/h7-8,13H,5-6H2,1-4H3. The van der Waals surface area contributed by atoms with Crippen molar-refractivity contribution < 1.29 is 19.0 Å². The highest BCUT2D eigenvalue weighted by Gasteiger charge is 2.25. The Balaban J connectivity index is 3.22. The van der Waals surface area contributed by atoms with E-state index in [-0.39, 0.29) is 5.78 Å². The van der Waals surface area contributed by atoms with Crippen molar-refractivity contribution in [1.29, 1.82) is 0 Å². The number of ether oxygens (including phenoxy) is 3. The second-order valence-corrected chi connectivity index (χ2v) is 4.41. The smallest absolute Gasteiger partial charge is 0.179 e. The van der Waals surface area contributed by atoms with Crippen LogP contribution in [0, 0.1) is 0 Å². The third-order valence-corrected chi connectivity index (χ3v) is 3.21. The van der Waals surface area contributed by atoms with Crippen molar-refractivity contribution in [3.63, 3.8) is 0 Å². The molecule has 0 aliphatic rings. The molecular weight excluding hydrogens is 268 g/mol. The summed E-state index contributed by atoms with van der Waals surface area (Å²) in [6.07, 6.45) is 0.541. The van der Waals surface area contributed by atoms with Gasteiger partial charge in [0.05, 0.1) is 19.2 Å². The summed E-state index contributed by atoms with van der Waals surface area (Å²) in [5, 5.41) is 0.346. The molecule has 1 rings (SSSR count). The van der Waals surface area contributed by atoms with Crippen molar-refractivity contribution in [3.8, 4) is 11.5 Å². The van der Waals surface area contributed by atoms with Gasteiger partial charge in [0.2, 0.25) is 0 Å². The number of hydrogen-bond donors (Lipinski definition) is 0. The lowest BCUT2D eigenvalue weighted by Crippen LogP contribution is -2.15. The maximum atomic E-state index is 12.0. The maximum absolute atomic E-state index is 12.0. The molecule has 1 atom stereocenters. The lowest BCUT2D eigenvalue weighted by atomic mass is 10.0. The SMILES string of the molecule is CCCC(=O)C(OC)c1ccc(OC)c(OC)c1Cl. The van der Waals surface area contributed by atoms with Crippen molar-refractivity contribution >= 4 is 17.4 Å². The maximum Gasteiger partial charge on any atom is 0.179 e. The summed E-state index contributed by atoms with van der Waals surface area (Å²) >= 11 is 6.27. The monoisotopic (exact) mass is 286 g/mol. The van der Waals surface area contributed by atoms with Crippen LogP contribution in [0.4, 0.5) is 0 Å². The molecule has 106 valence electrons. The summed E-state index contributed by atoms with van der Waals surface area (Å²) in [6, 6.07) is 3.44. The van der Waals surface area contributed by atoms with Crippen molar-refractivity contribution in [2.24, 2.45) is 0 Å². The summed E-state index contributed by atoms with van der Waals surface area (Å²) in [7, 11) is 4.53.